The van der Waals surface area contributed by atoms with Crippen molar-refractivity contribution < 1.29 is 14.1 Å². The van der Waals surface area contributed by atoms with Gasteiger partial charge in [0.25, 0.3) is 0 Å². The average Bonchev–Trinajstić information content (AvgIpc) is 2.97. The van der Waals surface area contributed by atoms with Crippen LogP contribution in [0.2, 0.25) is 103 Å². The molecule has 0 bridgehead atoms. The average molecular weight is 1290 g/mol. The second kappa shape index (κ2) is 22.3. The van der Waals surface area contributed by atoms with Crippen LogP contribution < -0.4 is 0 Å². The van der Waals surface area contributed by atoms with E-state index in [1.807, 2.05) is 0 Å². The van der Waals surface area contributed by atoms with Crippen molar-refractivity contribution in [1.29, 1.82) is 0 Å². The Kier molecular flexibility index (Phi) is 22.8. The summed E-state index contributed by atoms with van der Waals surface area (Å²) in [6.07, 6.45) is 0. The van der Waals surface area contributed by atoms with Crippen LogP contribution in [-0.4, -0.2) is 48.4 Å². The van der Waals surface area contributed by atoms with Gasteiger partial charge in [-0.2, -0.15) is 0 Å². The zero-order valence-corrected chi connectivity index (χ0v) is 75.4. The summed E-state index contributed by atoms with van der Waals surface area (Å²) in [5, 5.41) is 0.762. The van der Waals surface area contributed by atoms with Crippen molar-refractivity contribution in [3.63, 3.8) is 0 Å². The molecule has 0 rings (SSSR count). The van der Waals surface area contributed by atoms with E-state index in [1.54, 1.807) is 0 Å². The molecule has 0 aromatic heterocycles. The summed E-state index contributed by atoms with van der Waals surface area (Å²) in [6.45, 7) is 157. The summed E-state index contributed by atoms with van der Waals surface area (Å²) < 4.78 is 1.85. The molecule has 0 aliphatic rings. The third-order valence-electron chi connectivity index (χ3n) is 24.5. The molecular formula is C75H165CrSi6. The van der Waals surface area contributed by atoms with E-state index in [-0.39, 0.29) is 90.7 Å². The Labute approximate surface area is 535 Å². The van der Waals surface area contributed by atoms with Crippen molar-refractivity contribution in [1.82, 2.24) is 0 Å². The van der Waals surface area contributed by atoms with Gasteiger partial charge in [-0.05, 0) is 0 Å². The Morgan fingerprint density at radius 3 is 0.207 bits per heavy atom. The Morgan fingerprint density at radius 2 is 0.171 bits per heavy atom. The first-order valence-electron chi connectivity index (χ1n) is 33.9. The molecule has 7 heteroatoms. The molecule has 0 unspecified atom stereocenters. The van der Waals surface area contributed by atoms with E-state index in [4.69, 9.17) is 0 Å². The molecule has 0 saturated heterocycles. The minimum absolute atomic E-state index is 0.0423. The molecule has 0 N–H and O–H groups in total. The van der Waals surface area contributed by atoms with Gasteiger partial charge >= 0.3 is 539 Å². The molecule has 0 spiro atoms. The van der Waals surface area contributed by atoms with Crippen molar-refractivity contribution >= 4 is 48.4 Å². The van der Waals surface area contributed by atoms with Crippen LogP contribution in [-0.2, 0) is 14.1 Å². The summed E-state index contributed by atoms with van der Waals surface area (Å²) in [4.78, 5) is 0. The van der Waals surface area contributed by atoms with Crippen LogP contribution in [0.1, 0.15) is 374 Å². The normalized spacial score (nSPS) is 17.3. The minimum atomic E-state index is -3.00. The molecule has 0 nitrogen and oxygen atoms in total. The Bertz CT molecular complexity index is 1520. The van der Waals surface area contributed by atoms with Crippen molar-refractivity contribution in [3.05, 3.63) is 0 Å². The van der Waals surface area contributed by atoms with Crippen LogP contribution in [0.15, 0.2) is 0 Å². The van der Waals surface area contributed by atoms with Crippen LogP contribution in [0, 0.1) is 0 Å². The van der Waals surface area contributed by atoms with Crippen LogP contribution in [0.25, 0.3) is 0 Å². The first kappa shape index (κ1) is 83.8. The van der Waals surface area contributed by atoms with Crippen LogP contribution >= 0.6 is 0 Å². The second-order valence-corrected chi connectivity index (χ2v) is 96.4. The molecule has 0 fully saturated rings. The molecule has 0 aliphatic carbocycles. The molecule has 495 valence electrons. The van der Waals surface area contributed by atoms with Crippen molar-refractivity contribution in [2.24, 2.45) is 0 Å². The van der Waals surface area contributed by atoms with Crippen LogP contribution in [0.4, 0.5) is 0 Å². The molecular weight excluding hydrogens is 1120 g/mol. The topological polar surface area (TPSA) is 0 Å². The maximum atomic E-state index is 2.91. The zero-order valence-electron chi connectivity index (χ0n) is 68.1. The SMILES string of the molecule is CC(C)(C)[Si]([CH]([Cr]([CH]([Si](C(C)(C)C)(C(C)(C)C)C(C)(C)C)[Si](C(C)(C)C)(C(C)(C)C)C(C)(C)C)[CH]([Si](C(C)(C)C)(C(C)(C)C)C(C)(C)C)[Si](C(C)(C)C)(C(C)(C)C)C(C)(C)C)[Si](C(C)(C)C)(C(C)(C)C)C(C)(C)C)(C(C)(C)C)C(C)(C)C. The standard InChI is InChI=1S/3C25H55Si2.Cr/c3*1-20(2,3)26(21(4,5)6,22(7,8)9)19-27(23(10,11)12,24(13,14)15)25(16,17)18;/h3*19H,1-18H3;. The first-order chi connectivity index (χ1) is 34.2. The summed E-state index contributed by atoms with van der Waals surface area (Å²) in [7, 11) is -18.0. The predicted molar refractivity (Wildman–Crippen MR) is 401 cm³/mol. The zero-order chi connectivity index (χ0) is 68.3. The Morgan fingerprint density at radius 1 is 0.122 bits per heavy atom. The fourth-order valence-corrected chi connectivity index (χ4v) is 174. The fourth-order valence-electron chi connectivity index (χ4n) is 29.9. The van der Waals surface area contributed by atoms with E-state index in [1.165, 1.54) is 0 Å². The van der Waals surface area contributed by atoms with Gasteiger partial charge in [-0.1, -0.05) is 0 Å². The van der Waals surface area contributed by atoms with Crippen LogP contribution in [0.3, 0.4) is 0 Å². The predicted octanol–water partition coefficient (Wildman–Crippen LogP) is 30.3. The van der Waals surface area contributed by atoms with Gasteiger partial charge in [0, 0.05) is 0 Å². The third kappa shape index (κ3) is 11.9. The second-order valence-electron chi connectivity index (χ2n) is 46.9. The van der Waals surface area contributed by atoms with E-state index < -0.39 is 62.6 Å². The molecule has 82 heavy (non-hydrogen) atoms. The van der Waals surface area contributed by atoms with Crippen molar-refractivity contribution in [2.75, 3.05) is 0 Å². The molecule has 0 amide bonds. The fraction of sp³-hybridized carbons (Fsp3) is 1.00. The third-order valence-corrected chi connectivity index (χ3v) is 98.8. The molecule has 0 aromatic carbocycles. The molecule has 0 aliphatic heterocycles. The number of hydrogen-bond acceptors (Lipinski definition) is 0. The summed E-state index contributed by atoms with van der Waals surface area (Å²) in [5.41, 5.74) is 0. The van der Waals surface area contributed by atoms with Crippen LogP contribution in [0.5, 0.6) is 0 Å². The van der Waals surface area contributed by atoms with Crippen molar-refractivity contribution in [2.45, 2.75) is 477 Å². The van der Waals surface area contributed by atoms with E-state index >= 15 is 0 Å². The molecule has 0 saturated carbocycles. The van der Waals surface area contributed by atoms with Gasteiger partial charge < -0.3 is 0 Å². The Balaban J connectivity index is 14.9. The van der Waals surface area contributed by atoms with E-state index in [0.717, 1.165) is 0 Å². The van der Waals surface area contributed by atoms with Gasteiger partial charge in [0.1, 0.15) is 0 Å². The summed E-state index contributed by atoms with van der Waals surface area (Å²) in [5.74, 6) is 0. The molecule has 0 radical (unpaired) electrons. The quantitative estimate of drug-likeness (QED) is 0.202. The van der Waals surface area contributed by atoms with Gasteiger partial charge in [0.2, 0.25) is 0 Å². The van der Waals surface area contributed by atoms with Crippen molar-refractivity contribution in [3.8, 4) is 0 Å². The summed E-state index contributed by atoms with van der Waals surface area (Å²) in [6, 6.07) is 0. The summed E-state index contributed by atoms with van der Waals surface area (Å²) >= 11 is -2.44. The first-order valence-corrected chi connectivity index (χ1v) is 48.6. The molecule has 0 aromatic rings. The van der Waals surface area contributed by atoms with E-state index in [2.05, 4.69) is 374 Å². The number of hydrogen-bond donors (Lipinski definition) is 0. The van der Waals surface area contributed by atoms with Gasteiger partial charge in [-0.15, -0.1) is 0 Å². The maximum absolute atomic E-state index is 3.00. The number of rotatable bonds is 9. The van der Waals surface area contributed by atoms with Gasteiger partial charge in [-0.25, -0.2) is 0 Å². The van der Waals surface area contributed by atoms with Gasteiger partial charge in [0.15, 0.2) is 0 Å². The van der Waals surface area contributed by atoms with Gasteiger partial charge in [0.05, 0.1) is 0 Å². The van der Waals surface area contributed by atoms with E-state index in [9.17, 15) is 0 Å². The molecule has 0 atom stereocenters. The van der Waals surface area contributed by atoms with E-state index in [0.29, 0.717) is 12.1 Å². The monoisotopic (exact) mass is 1290 g/mol. The van der Waals surface area contributed by atoms with Gasteiger partial charge in [-0.3, -0.25) is 0 Å². The molecule has 0 heterocycles. The Hall–Kier alpha value is 1.83.